The molecule has 2 bridgehead atoms. The average Bonchev–Trinajstić information content (AvgIpc) is 3.00. The van der Waals surface area contributed by atoms with Crippen LogP contribution in [0.15, 0.2) is 42.5 Å². The molecule has 2 aliphatic rings. The number of rotatable bonds is 3. The predicted molar refractivity (Wildman–Crippen MR) is 66.0 cm³/mol. The van der Waals surface area contributed by atoms with E-state index in [1.165, 1.54) is 0 Å². The highest BCUT2D eigenvalue weighted by Gasteiger charge is 2.51. The molecule has 3 heteroatoms. The third-order valence-corrected chi connectivity index (χ3v) is 3.87. The molecule has 18 heavy (non-hydrogen) atoms. The number of aldehydes is 1. The number of hydrogen-bond acceptors (Lipinski definition) is 3. The van der Waals surface area contributed by atoms with Crippen molar-refractivity contribution in [3.8, 4) is 0 Å². The van der Waals surface area contributed by atoms with Gasteiger partial charge in [0.25, 0.3) is 0 Å². The van der Waals surface area contributed by atoms with E-state index in [0.717, 1.165) is 12.7 Å². The zero-order chi connectivity index (χ0) is 12.6. The summed E-state index contributed by atoms with van der Waals surface area (Å²) in [5, 5.41) is 0. The van der Waals surface area contributed by atoms with E-state index in [9.17, 15) is 9.59 Å². The number of allylic oxidation sites excluding steroid dienone is 1. The second-order valence-electron chi connectivity index (χ2n) is 5.02. The molecule has 0 saturated heterocycles. The van der Waals surface area contributed by atoms with Gasteiger partial charge in [-0.3, -0.25) is 4.79 Å². The van der Waals surface area contributed by atoms with E-state index in [4.69, 9.17) is 4.74 Å². The maximum atomic E-state index is 12.0. The van der Waals surface area contributed by atoms with Crippen LogP contribution in [0.4, 0.5) is 0 Å². The summed E-state index contributed by atoms with van der Waals surface area (Å²) in [6.45, 7) is 0. The average molecular weight is 242 g/mol. The molecule has 3 rings (SSSR count). The normalized spacial score (nSPS) is 32.4. The first-order valence-corrected chi connectivity index (χ1v) is 6.16. The lowest BCUT2D eigenvalue weighted by Gasteiger charge is -2.29. The smallest absolute Gasteiger partial charge is 0.339 e. The van der Waals surface area contributed by atoms with Crippen molar-refractivity contribution in [3.05, 3.63) is 48.0 Å². The molecule has 3 atom stereocenters. The number of esters is 1. The van der Waals surface area contributed by atoms with Gasteiger partial charge >= 0.3 is 5.97 Å². The third kappa shape index (κ3) is 1.67. The fraction of sp³-hybridized carbons (Fsp3) is 0.333. The van der Waals surface area contributed by atoms with E-state index in [-0.39, 0.29) is 5.92 Å². The van der Waals surface area contributed by atoms with Crippen LogP contribution in [0.25, 0.3) is 0 Å². The van der Waals surface area contributed by atoms with Crippen molar-refractivity contribution in [3.63, 3.8) is 0 Å². The van der Waals surface area contributed by atoms with E-state index in [1.54, 1.807) is 24.3 Å². The van der Waals surface area contributed by atoms with Gasteiger partial charge in [-0.2, -0.15) is 0 Å². The molecule has 3 nitrogen and oxygen atoms in total. The van der Waals surface area contributed by atoms with Crippen LogP contribution in [0.1, 0.15) is 23.2 Å². The van der Waals surface area contributed by atoms with E-state index in [1.807, 2.05) is 12.1 Å². The largest absolute Gasteiger partial charge is 0.447 e. The van der Waals surface area contributed by atoms with Gasteiger partial charge in [0.2, 0.25) is 0 Å². The number of carbonyl (C=O) groups excluding carboxylic acids is 2. The topological polar surface area (TPSA) is 43.4 Å². The monoisotopic (exact) mass is 242 g/mol. The van der Waals surface area contributed by atoms with Crippen molar-refractivity contribution in [2.24, 2.45) is 11.8 Å². The standard InChI is InChI=1S/C15H14O3/c16-10-15(9-11-6-7-13(15)8-11)18-14(17)12-4-2-1-3-5-12/h1-7,10-11,13H,8-9H2. The Kier molecular flexibility index (Phi) is 2.54. The Morgan fingerprint density at radius 3 is 2.61 bits per heavy atom. The van der Waals surface area contributed by atoms with Crippen molar-refractivity contribution in [2.45, 2.75) is 18.4 Å². The molecule has 0 amide bonds. The number of fused-ring (bicyclic) bond motifs is 2. The van der Waals surface area contributed by atoms with Gasteiger partial charge in [-0.1, -0.05) is 30.4 Å². The number of hydrogen-bond donors (Lipinski definition) is 0. The third-order valence-electron chi connectivity index (χ3n) is 3.87. The summed E-state index contributed by atoms with van der Waals surface area (Å²) in [6.07, 6.45) is 6.46. The lowest BCUT2D eigenvalue weighted by Crippen LogP contribution is -2.40. The van der Waals surface area contributed by atoms with E-state index in [0.29, 0.717) is 17.9 Å². The predicted octanol–water partition coefficient (Wildman–Crippen LogP) is 2.38. The van der Waals surface area contributed by atoms with E-state index < -0.39 is 11.6 Å². The second kappa shape index (κ2) is 4.09. The molecular formula is C15H14O3. The Hall–Kier alpha value is -1.90. The van der Waals surface area contributed by atoms with Gasteiger partial charge in [-0.25, -0.2) is 4.79 Å². The molecule has 2 aliphatic carbocycles. The van der Waals surface area contributed by atoms with Crippen molar-refractivity contribution >= 4 is 12.3 Å². The molecule has 3 unspecified atom stereocenters. The van der Waals surface area contributed by atoms with Crippen molar-refractivity contribution < 1.29 is 14.3 Å². The Balaban J connectivity index is 1.82. The number of ether oxygens (including phenoxy) is 1. The number of benzene rings is 1. The fourth-order valence-electron chi connectivity index (χ4n) is 2.93. The lowest BCUT2D eigenvalue weighted by atomic mass is 9.89. The summed E-state index contributed by atoms with van der Waals surface area (Å²) in [6, 6.07) is 8.80. The Bertz CT molecular complexity index is 506. The summed E-state index contributed by atoms with van der Waals surface area (Å²) in [7, 11) is 0. The number of carbonyl (C=O) groups is 2. The minimum atomic E-state index is -0.938. The Morgan fingerprint density at radius 2 is 2.06 bits per heavy atom. The van der Waals surface area contributed by atoms with Crippen LogP contribution in [0.3, 0.4) is 0 Å². The molecule has 0 spiro atoms. The Morgan fingerprint density at radius 1 is 1.28 bits per heavy atom. The molecule has 0 aliphatic heterocycles. The van der Waals surface area contributed by atoms with Crippen LogP contribution < -0.4 is 0 Å². The molecule has 0 N–H and O–H groups in total. The van der Waals surface area contributed by atoms with Gasteiger partial charge < -0.3 is 4.74 Å². The molecular weight excluding hydrogens is 228 g/mol. The summed E-state index contributed by atoms with van der Waals surface area (Å²) in [5.74, 6) is 0.0140. The zero-order valence-corrected chi connectivity index (χ0v) is 9.91. The van der Waals surface area contributed by atoms with Gasteiger partial charge in [0.15, 0.2) is 11.9 Å². The quantitative estimate of drug-likeness (QED) is 0.464. The molecule has 1 aromatic carbocycles. The molecule has 1 fully saturated rings. The van der Waals surface area contributed by atoms with Gasteiger partial charge in [0.05, 0.1) is 5.56 Å². The van der Waals surface area contributed by atoms with E-state index >= 15 is 0 Å². The molecule has 1 aromatic rings. The minimum absolute atomic E-state index is 0.0488. The van der Waals surface area contributed by atoms with Crippen LogP contribution in [0.2, 0.25) is 0 Å². The summed E-state index contributed by atoms with van der Waals surface area (Å²) >= 11 is 0. The van der Waals surface area contributed by atoms with Crippen LogP contribution in [0, 0.1) is 11.8 Å². The fourth-order valence-corrected chi connectivity index (χ4v) is 2.93. The van der Waals surface area contributed by atoms with Gasteiger partial charge in [0, 0.05) is 12.3 Å². The highest BCUT2D eigenvalue weighted by atomic mass is 16.6. The molecule has 92 valence electrons. The second-order valence-corrected chi connectivity index (χ2v) is 5.02. The van der Waals surface area contributed by atoms with Gasteiger partial charge in [-0.05, 0) is 24.5 Å². The summed E-state index contributed by atoms with van der Waals surface area (Å²) in [5.41, 5.74) is -0.447. The zero-order valence-electron chi connectivity index (χ0n) is 9.91. The molecule has 1 saturated carbocycles. The maximum Gasteiger partial charge on any atom is 0.339 e. The molecule has 0 radical (unpaired) electrons. The highest BCUT2D eigenvalue weighted by molar-refractivity contribution is 5.91. The Labute approximate surface area is 105 Å². The minimum Gasteiger partial charge on any atom is -0.447 e. The first-order chi connectivity index (χ1) is 8.73. The first kappa shape index (κ1) is 11.2. The summed E-state index contributed by atoms with van der Waals surface area (Å²) < 4.78 is 5.51. The van der Waals surface area contributed by atoms with Gasteiger partial charge in [0.1, 0.15) is 0 Å². The first-order valence-electron chi connectivity index (χ1n) is 6.16. The SMILES string of the molecule is O=CC1(OC(=O)c2ccccc2)CC2C=CC1C2. The van der Waals surface area contributed by atoms with E-state index in [2.05, 4.69) is 6.08 Å². The van der Waals surface area contributed by atoms with Crippen LogP contribution in [0.5, 0.6) is 0 Å². The van der Waals surface area contributed by atoms with Crippen molar-refractivity contribution in [2.75, 3.05) is 0 Å². The lowest BCUT2D eigenvalue weighted by molar-refractivity contribution is -0.127. The van der Waals surface area contributed by atoms with Crippen molar-refractivity contribution in [1.29, 1.82) is 0 Å². The van der Waals surface area contributed by atoms with Gasteiger partial charge in [-0.15, -0.1) is 0 Å². The molecule has 0 heterocycles. The molecule has 0 aromatic heterocycles. The van der Waals surface area contributed by atoms with Crippen LogP contribution in [-0.2, 0) is 9.53 Å². The van der Waals surface area contributed by atoms with Crippen molar-refractivity contribution in [1.82, 2.24) is 0 Å². The van der Waals surface area contributed by atoms with Crippen LogP contribution >= 0.6 is 0 Å². The van der Waals surface area contributed by atoms with Crippen LogP contribution in [-0.4, -0.2) is 17.9 Å². The summed E-state index contributed by atoms with van der Waals surface area (Å²) in [4.78, 5) is 23.4. The highest BCUT2D eigenvalue weighted by Crippen LogP contribution is 2.47. The maximum absolute atomic E-state index is 12.0.